The van der Waals surface area contributed by atoms with Gasteiger partial charge in [-0.25, -0.2) is 8.42 Å². The number of hydrogen-bond acceptors (Lipinski definition) is 5. The lowest BCUT2D eigenvalue weighted by atomic mass is 10.1. The Kier molecular flexibility index (Phi) is 6.24. The molecular formula is C26H25NO5S. The molecule has 0 unspecified atom stereocenters. The normalized spacial score (nSPS) is 11.5. The molecule has 0 amide bonds. The first-order valence-electron chi connectivity index (χ1n) is 10.6. The van der Waals surface area contributed by atoms with Crippen molar-refractivity contribution < 1.29 is 17.9 Å². The summed E-state index contributed by atoms with van der Waals surface area (Å²) in [7, 11) is -2.56. The number of ether oxygens (including phenoxy) is 2. The van der Waals surface area contributed by atoms with Gasteiger partial charge in [0.15, 0.2) is 0 Å². The van der Waals surface area contributed by atoms with Crippen LogP contribution in [0.5, 0.6) is 11.5 Å². The summed E-state index contributed by atoms with van der Waals surface area (Å²) in [5, 5.41) is 0.286. The summed E-state index contributed by atoms with van der Waals surface area (Å²) in [4.78, 5) is 13.1. The molecule has 7 heteroatoms. The van der Waals surface area contributed by atoms with E-state index < -0.39 is 15.3 Å². The second-order valence-corrected chi connectivity index (χ2v) is 9.65. The number of methoxy groups -OCH3 is 1. The molecule has 0 aliphatic heterocycles. The minimum absolute atomic E-state index is 0.0346. The van der Waals surface area contributed by atoms with Crippen LogP contribution in [0.3, 0.4) is 0 Å². The maximum Gasteiger partial charge on any atom is 0.211 e. The van der Waals surface area contributed by atoms with Crippen molar-refractivity contribution in [1.29, 1.82) is 0 Å². The van der Waals surface area contributed by atoms with Crippen molar-refractivity contribution in [2.24, 2.45) is 0 Å². The van der Waals surface area contributed by atoms with Crippen molar-refractivity contribution >= 4 is 20.7 Å². The molecule has 0 aliphatic rings. The van der Waals surface area contributed by atoms with E-state index in [1.165, 1.54) is 25.4 Å². The first-order chi connectivity index (χ1) is 15.8. The van der Waals surface area contributed by atoms with Gasteiger partial charge >= 0.3 is 0 Å². The van der Waals surface area contributed by atoms with E-state index in [1.807, 2.05) is 38.1 Å². The number of aryl methyl sites for hydroxylation is 1. The first-order valence-corrected chi connectivity index (χ1v) is 12.1. The molecule has 0 radical (unpaired) electrons. The zero-order valence-electron chi connectivity index (χ0n) is 18.7. The van der Waals surface area contributed by atoms with Crippen LogP contribution in [0.25, 0.3) is 10.9 Å². The molecule has 0 atom stereocenters. The average Bonchev–Trinajstić information content (AvgIpc) is 2.81. The topological polar surface area (TPSA) is 74.6 Å². The lowest BCUT2D eigenvalue weighted by Gasteiger charge is -2.15. The lowest BCUT2D eigenvalue weighted by Crippen LogP contribution is -2.19. The third kappa shape index (κ3) is 4.50. The second kappa shape index (κ2) is 9.11. The zero-order chi connectivity index (χ0) is 23.6. The van der Waals surface area contributed by atoms with Gasteiger partial charge in [-0.1, -0.05) is 29.8 Å². The third-order valence-corrected chi connectivity index (χ3v) is 7.19. The van der Waals surface area contributed by atoms with Gasteiger partial charge in [-0.15, -0.1) is 0 Å². The van der Waals surface area contributed by atoms with Gasteiger partial charge in [-0.05, 0) is 61.9 Å². The Labute approximate surface area is 192 Å². The summed E-state index contributed by atoms with van der Waals surface area (Å²) >= 11 is 0. The van der Waals surface area contributed by atoms with Crippen molar-refractivity contribution in [2.45, 2.75) is 30.2 Å². The predicted octanol–water partition coefficient (Wildman–Crippen LogP) is 4.60. The molecule has 33 heavy (non-hydrogen) atoms. The van der Waals surface area contributed by atoms with Crippen LogP contribution in [0.15, 0.2) is 87.5 Å². The smallest absolute Gasteiger partial charge is 0.211 e. The van der Waals surface area contributed by atoms with Gasteiger partial charge in [0.2, 0.25) is 15.3 Å². The largest absolute Gasteiger partial charge is 0.497 e. The molecule has 4 rings (SSSR count). The van der Waals surface area contributed by atoms with Crippen molar-refractivity contribution in [3.8, 4) is 11.5 Å². The Morgan fingerprint density at radius 2 is 1.67 bits per heavy atom. The molecule has 3 aromatic carbocycles. The van der Waals surface area contributed by atoms with Crippen molar-refractivity contribution in [2.75, 3.05) is 13.7 Å². The van der Waals surface area contributed by atoms with E-state index in [9.17, 15) is 13.2 Å². The summed E-state index contributed by atoms with van der Waals surface area (Å²) in [6, 6.07) is 19.2. The average molecular weight is 464 g/mol. The zero-order valence-corrected chi connectivity index (χ0v) is 19.6. The Hall–Kier alpha value is -3.58. The highest BCUT2D eigenvalue weighted by Gasteiger charge is 2.24. The number of hydrogen-bond donors (Lipinski definition) is 0. The van der Waals surface area contributed by atoms with Gasteiger partial charge in [0.25, 0.3) is 0 Å². The van der Waals surface area contributed by atoms with Gasteiger partial charge < -0.3 is 14.0 Å². The van der Waals surface area contributed by atoms with Crippen molar-refractivity contribution in [3.63, 3.8) is 0 Å². The molecule has 0 spiro atoms. The standard InChI is InChI=1S/C26H25NO5S/c1-4-32-20-8-11-22(12-9-20)33(29,30)25-17-27(16-19-7-5-6-18(2)14-19)24-13-10-21(31-3)15-23(24)26(25)28/h5-15,17H,4,16H2,1-3H3. The number of pyridine rings is 1. The van der Waals surface area contributed by atoms with E-state index in [1.54, 1.807) is 34.9 Å². The minimum Gasteiger partial charge on any atom is -0.497 e. The fourth-order valence-corrected chi connectivity index (χ4v) is 5.18. The van der Waals surface area contributed by atoms with Crippen molar-refractivity contribution in [1.82, 2.24) is 4.57 Å². The summed E-state index contributed by atoms with van der Waals surface area (Å²) in [6.45, 7) is 4.74. The molecule has 6 nitrogen and oxygen atoms in total. The molecular weight excluding hydrogens is 438 g/mol. The SMILES string of the molecule is CCOc1ccc(S(=O)(=O)c2cn(Cc3cccc(C)c3)c3ccc(OC)cc3c2=O)cc1. The number of aromatic nitrogens is 1. The molecule has 1 heterocycles. The van der Waals surface area contributed by atoms with E-state index in [0.717, 1.165) is 11.1 Å². The number of benzene rings is 3. The van der Waals surface area contributed by atoms with Crippen molar-refractivity contribution in [3.05, 3.63) is 94.3 Å². The van der Waals surface area contributed by atoms with E-state index >= 15 is 0 Å². The third-order valence-electron chi connectivity index (χ3n) is 5.42. The van der Waals surface area contributed by atoms with Gasteiger partial charge in [0.1, 0.15) is 16.4 Å². The monoisotopic (exact) mass is 463 g/mol. The highest BCUT2D eigenvalue weighted by molar-refractivity contribution is 7.91. The van der Waals surface area contributed by atoms with Gasteiger partial charge in [-0.3, -0.25) is 4.79 Å². The summed E-state index contributed by atoms with van der Waals surface area (Å²) in [5.74, 6) is 1.05. The Bertz CT molecular complexity index is 1470. The first kappa shape index (κ1) is 22.6. The highest BCUT2D eigenvalue weighted by atomic mass is 32.2. The molecule has 0 saturated heterocycles. The maximum atomic E-state index is 13.5. The molecule has 0 fully saturated rings. The van der Waals surface area contributed by atoms with E-state index in [2.05, 4.69) is 0 Å². The maximum absolute atomic E-state index is 13.5. The van der Waals surface area contributed by atoms with Gasteiger partial charge in [0, 0.05) is 12.7 Å². The van der Waals surface area contributed by atoms with Crippen LogP contribution in [0.1, 0.15) is 18.1 Å². The molecule has 170 valence electrons. The Balaban J connectivity index is 1.92. The fourth-order valence-electron chi connectivity index (χ4n) is 3.81. The van der Waals surface area contributed by atoms with Gasteiger partial charge in [0.05, 0.1) is 29.5 Å². The van der Waals surface area contributed by atoms with Gasteiger partial charge in [-0.2, -0.15) is 0 Å². The molecule has 1 aromatic heterocycles. The summed E-state index contributed by atoms with van der Waals surface area (Å²) < 4.78 is 39.5. The summed E-state index contributed by atoms with van der Waals surface area (Å²) in [6.07, 6.45) is 1.44. The number of fused-ring (bicyclic) bond motifs is 1. The molecule has 0 saturated carbocycles. The van der Waals surface area contributed by atoms with Crippen LogP contribution in [-0.2, 0) is 16.4 Å². The second-order valence-electron chi connectivity index (χ2n) is 7.73. The molecule has 0 N–H and O–H groups in total. The number of nitrogens with zero attached hydrogens (tertiary/aromatic N) is 1. The number of sulfone groups is 1. The Morgan fingerprint density at radius 1 is 0.939 bits per heavy atom. The van der Waals surface area contributed by atoms with Crippen LogP contribution < -0.4 is 14.9 Å². The lowest BCUT2D eigenvalue weighted by molar-refractivity contribution is 0.340. The Morgan fingerprint density at radius 3 is 2.33 bits per heavy atom. The molecule has 0 aliphatic carbocycles. The van der Waals surface area contributed by atoms with Crippen LogP contribution in [0, 0.1) is 6.92 Å². The van der Waals surface area contributed by atoms with E-state index in [-0.39, 0.29) is 15.2 Å². The molecule has 4 aromatic rings. The minimum atomic E-state index is -4.07. The van der Waals surface area contributed by atoms with Crippen LogP contribution >= 0.6 is 0 Å². The fraction of sp³-hybridized carbons (Fsp3) is 0.192. The van der Waals surface area contributed by atoms with Crippen LogP contribution in [0.4, 0.5) is 0 Å². The van der Waals surface area contributed by atoms with Crippen LogP contribution in [-0.4, -0.2) is 26.7 Å². The van der Waals surface area contributed by atoms with Crippen LogP contribution in [0.2, 0.25) is 0 Å². The number of rotatable bonds is 7. The van der Waals surface area contributed by atoms with E-state index in [0.29, 0.717) is 30.2 Å². The molecule has 0 bridgehead atoms. The predicted molar refractivity (Wildman–Crippen MR) is 128 cm³/mol. The van der Waals surface area contributed by atoms with E-state index in [4.69, 9.17) is 9.47 Å². The summed E-state index contributed by atoms with van der Waals surface area (Å²) in [5.41, 5.74) is 2.17. The highest BCUT2D eigenvalue weighted by Crippen LogP contribution is 2.26. The quantitative estimate of drug-likeness (QED) is 0.401.